The van der Waals surface area contributed by atoms with E-state index in [1.807, 2.05) is 13.8 Å². The van der Waals surface area contributed by atoms with E-state index in [-0.39, 0.29) is 0 Å². The number of hydrogen-bond acceptors (Lipinski definition) is 3. The van der Waals surface area contributed by atoms with Crippen molar-refractivity contribution < 1.29 is 9.47 Å². The van der Waals surface area contributed by atoms with Crippen LogP contribution in [0.4, 0.5) is 0 Å². The van der Waals surface area contributed by atoms with Gasteiger partial charge in [0.05, 0.1) is 13.2 Å². The van der Waals surface area contributed by atoms with E-state index in [0.717, 1.165) is 39.5 Å². The summed E-state index contributed by atoms with van der Waals surface area (Å²) >= 11 is 0. The van der Waals surface area contributed by atoms with Crippen molar-refractivity contribution in [2.45, 2.75) is 40.0 Å². The van der Waals surface area contributed by atoms with E-state index >= 15 is 0 Å². The van der Waals surface area contributed by atoms with Crippen molar-refractivity contribution >= 4 is 0 Å². The molecule has 0 heterocycles. The summed E-state index contributed by atoms with van der Waals surface area (Å²) in [6, 6.07) is 0. The third-order valence-electron chi connectivity index (χ3n) is 2.59. The van der Waals surface area contributed by atoms with Crippen molar-refractivity contribution in [3.63, 3.8) is 0 Å². The maximum Gasteiger partial charge on any atom is 0.0593 e. The summed E-state index contributed by atoms with van der Waals surface area (Å²) in [6.07, 6.45) is 3.89. The Hall–Kier alpha value is -0.120. The number of hydrogen-bond donors (Lipinski definition) is 0. The van der Waals surface area contributed by atoms with Crippen LogP contribution in [0, 0.1) is 0 Å². The Morgan fingerprint density at radius 1 is 0.750 bits per heavy atom. The quantitative estimate of drug-likeness (QED) is 0.482. The van der Waals surface area contributed by atoms with Gasteiger partial charge in [-0.1, -0.05) is 19.8 Å². The van der Waals surface area contributed by atoms with Gasteiger partial charge in [-0.2, -0.15) is 0 Å². The normalized spacial score (nSPS) is 11.2. The Balaban J connectivity index is 3.58. The van der Waals surface area contributed by atoms with Crippen LogP contribution in [0.25, 0.3) is 0 Å². The summed E-state index contributed by atoms with van der Waals surface area (Å²) in [5.41, 5.74) is 0. The highest BCUT2D eigenvalue weighted by Gasteiger charge is 2.03. The Bertz CT molecular complexity index is 107. The molecular formula is C13H29NO2. The summed E-state index contributed by atoms with van der Waals surface area (Å²) in [7, 11) is 0. The Morgan fingerprint density at radius 3 is 1.75 bits per heavy atom. The Kier molecular flexibility index (Phi) is 12.9. The number of rotatable bonds is 12. The van der Waals surface area contributed by atoms with Crippen LogP contribution in [-0.4, -0.2) is 51.0 Å². The molecule has 0 aliphatic carbocycles. The molecule has 0 unspecified atom stereocenters. The van der Waals surface area contributed by atoms with Gasteiger partial charge in [0, 0.05) is 26.3 Å². The summed E-state index contributed by atoms with van der Waals surface area (Å²) in [4.78, 5) is 2.45. The zero-order valence-corrected chi connectivity index (χ0v) is 11.3. The van der Waals surface area contributed by atoms with Crippen LogP contribution < -0.4 is 0 Å². The highest BCUT2D eigenvalue weighted by atomic mass is 16.5. The van der Waals surface area contributed by atoms with Crippen molar-refractivity contribution in [1.29, 1.82) is 0 Å². The van der Waals surface area contributed by atoms with Gasteiger partial charge in [0.2, 0.25) is 0 Å². The predicted octanol–water partition coefficient (Wildman–Crippen LogP) is 2.55. The average Bonchev–Trinajstić information content (AvgIpc) is 2.29. The lowest BCUT2D eigenvalue weighted by molar-refractivity contribution is 0.0821. The predicted molar refractivity (Wildman–Crippen MR) is 69.0 cm³/mol. The van der Waals surface area contributed by atoms with Crippen LogP contribution >= 0.6 is 0 Å². The molecule has 0 aromatic rings. The first-order valence-corrected chi connectivity index (χ1v) is 6.72. The van der Waals surface area contributed by atoms with Gasteiger partial charge in [0.15, 0.2) is 0 Å². The maximum atomic E-state index is 5.39. The first kappa shape index (κ1) is 15.9. The van der Waals surface area contributed by atoms with Crippen LogP contribution in [0.1, 0.15) is 40.0 Å². The van der Waals surface area contributed by atoms with E-state index in [9.17, 15) is 0 Å². The molecule has 0 aromatic carbocycles. The van der Waals surface area contributed by atoms with Crippen molar-refractivity contribution in [2.24, 2.45) is 0 Å². The Labute approximate surface area is 101 Å². The topological polar surface area (TPSA) is 21.7 Å². The van der Waals surface area contributed by atoms with Gasteiger partial charge in [-0.3, -0.25) is 4.90 Å². The average molecular weight is 231 g/mol. The lowest BCUT2D eigenvalue weighted by Gasteiger charge is -2.21. The molecule has 3 nitrogen and oxygen atoms in total. The summed E-state index contributed by atoms with van der Waals surface area (Å²) in [5, 5.41) is 0. The molecule has 0 N–H and O–H groups in total. The summed E-state index contributed by atoms with van der Waals surface area (Å²) in [6.45, 7) is 12.9. The van der Waals surface area contributed by atoms with Crippen LogP contribution in [0.2, 0.25) is 0 Å². The van der Waals surface area contributed by atoms with Gasteiger partial charge in [0.25, 0.3) is 0 Å². The second kappa shape index (κ2) is 12.9. The second-order valence-electron chi connectivity index (χ2n) is 3.94. The van der Waals surface area contributed by atoms with Crippen molar-refractivity contribution in [1.82, 2.24) is 4.90 Å². The number of unbranched alkanes of at least 4 members (excludes halogenated alkanes) is 2. The van der Waals surface area contributed by atoms with Gasteiger partial charge in [-0.25, -0.2) is 0 Å². The largest absolute Gasteiger partial charge is 0.380 e. The third-order valence-corrected chi connectivity index (χ3v) is 2.59. The summed E-state index contributed by atoms with van der Waals surface area (Å²) < 4.78 is 10.8. The van der Waals surface area contributed by atoms with E-state index in [4.69, 9.17) is 9.47 Å². The standard InChI is InChI=1S/C13H29NO2/c1-4-7-8-9-14(10-12-15-5-2)11-13-16-6-3/h4-13H2,1-3H3. The van der Waals surface area contributed by atoms with Crippen LogP contribution in [0.3, 0.4) is 0 Å². The fourth-order valence-corrected chi connectivity index (χ4v) is 1.60. The van der Waals surface area contributed by atoms with E-state index in [0.29, 0.717) is 0 Å². The molecule has 0 rings (SSSR count). The molecule has 98 valence electrons. The van der Waals surface area contributed by atoms with Crippen molar-refractivity contribution in [3.8, 4) is 0 Å². The highest BCUT2D eigenvalue weighted by molar-refractivity contribution is 4.57. The van der Waals surface area contributed by atoms with Crippen LogP contribution in [0.15, 0.2) is 0 Å². The number of ether oxygens (including phenoxy) is 2. The minimum atomic E-state index is 0.814. The van der Waals surface area contributed by atoms with Crippen molar-refractivity contribution in [3.05, 3.63) is 0 Å². The first-order chi connectivity index (χ1) is 7.85. The minimum Gasteiger partial charge on any atom is -0.380 e. The van der Waals surface area contributed by atoms with E-state index < -0.39 is 0 Å². The smallest absolute Gasteiger partial charge is 0.0593 e. The molecule has 0 atom stereocenters. The second-order valence-corrected chi connectivity index (χ2v) is 3.94. The van der Waals surface area contributed by atoms with Gasteiger partial charge in [-0.05, 0) is 26.8 Å². The monoisotopic (exact) mass is 231 g/mol. The molecule has 0 spiro atoms. The molecule has 0 amide bonds. The molecular weight excluding hydrogens is 202 g/mol. The SMILES string of the molecule is CCCCCN(CCOCC)CCOCC. The summed E-state index contributed by atoms with van der Waals surface area (Å²) in [5.74, 6) is 0. The lowest BCUT2D eigenvalue weighted by atomic mass is 10.2. The zero-order chi connectivity index (χ0) is 12.1. The minimum absolute atomic E-state index is 0.814. The molecule has 0 aromatic heterocycles. The van der Waals surface area contributed by atoms with Gasteiger partial charge in [-0.15, -0.1) is 0 Å². The first-order valence-electron chi connectivity index (χ1n) is 6.72. The van der Waals surface area contributed by atoms with Crippen LogP contribution in [-0.2, 0) is 9.47 Å². The molecule has 0 bridgehead atoms. The van der Waals surface area contributed by atoms with Crippen molar-refractivity contribution in [2.75, 3.05) is 46.1 Å². The Morgan fingerprint density at radius 2 is 1.31 bits per heavy atom. The molecule has 0 aliphatic rings. The fraction of sp³-hybridized carbons (Fsp3) is 1.00. The maximum absolute atomic E-state index is 5.39. The lowest BCUT2D eigenvalue weighted by Crippen LogP contribution is -2.32. The van der Waals surface area contributed by atoms with Gasteiger partial charge >= 0.3 is 0 Å². The molecule has 0 saturated heterocycles. The van der Waals surface area contributed by atoms with Crippen LogP contribution in [0.5, 0.6) is 0 Å². The molecule has 0 fully saturated rings. The van der Waals surface area contributed by atoms with Gasteiger partial charge in [0.1, 0.15) is 0 Å². The van der Waals surface area contributed by atoms with E-state index in [2.05, 4.69) is 11.8 Å². The molecule has 0 aliphatic heterocycles. The molecule has 0 saturated carbocycles. The van der Waals surface area contributed by atoms with E-state index in [1.165, 1.54) is 25.8 Å². The molecule has 16 heavy (non-hydrogen) atoms. The molecule has 3 heteroatoms. The zero-order valence-electron chi connectivity index (χ0n) is 11.3. The van der Waals surface area contributed by atoms with Gasteiger partial charge < -0.3 is 9.47 Å². The highest BCUT2D eigenvalue weighted by Crippen LogP contribution is 1.98. The number of nitrogens with zero attached hydrogens (tertiary/aromatic N) is 1. The third kappa shape index (κ3) is 10.4. The fourth-order valence-electron chi connectivity index (χ4n) is 1.60. The molecule has 0 radical (unpaired) electrons. The van der Waals surface area contributed by atoms with E-state index in [1.54, 1.807) is 0 Å².